The molecule has 0 saturated carbocycles. The Morgan fingerprint density at radius 2 is 0.652 bits per heavy atom. The van der Waals surface area contributed by atoms with Crippen molar-refractivity contribution in [2.45, 2.75) is 59.5 Å². The van der Waals surface area contributed by atoms with Gasteiger partial charge in [0.2, 0.25) is 5.91 Å². The molecule has 0 bridgehead atoms. The van der Waals surface area contributed by atoms with Crippen molar-refractivity contribution in [2.24, 2.45) is 0 Å². The molecule has 0 saturated heterocycles. The molecular weight excluding hydrogens is 955 g/mol. The van der Waals surface area contributed by atoms with Crippen LogP contribution in [0.1, 0.15) is 67.8 Å². The Kier molecular flexibility index (Phi) is 23.3. The monoisotopic (exact) mass is 1020 g/mol. The third-order valence-corrected chi connectivity index (χ3v) is 14.2. The van der Waals surface area contributed by atoms with Crippen LogP contribution in [-0.2, 0) is 19.5 Å². The fourth-order valence-corrected chi connectivity index (χ4v) is 11.1. The van der Waals surface area contributed by atoms with Crippen LogP contribution < -0.4 is 54.9 Å². The van der Waals surface area contributed by atoms with Crippen LogP contribution in [0.3, 0.4) is 0 Å². The summed E-state index contributed by atoms with van der Waals surface area (Å²) in [5.74, 6) is -0.451. The Hall–Kier alpha value is -5.40. The van der Waals surface area contributed by atoms with E-state index in [1.165, 1.54) is 37.4 Å². The van der Waals surface area contributed by atoms with Crippen LogP contribution in [0.2, 0.25) is 0 Å². The van der Waals surface area contributed by atoms with E-state index in [-0.39, 0.29) is 54.8 Å². The summed E-state index contributed by atoms with van der Waals surface area (Å²) in [5, 5.41) is 14.1. The van der Waals surface area contributed by atoms with Crippen LogP contribution in [0.4, 0.5) is 0 Å². The van der Waals surface area contributed by atoms with Crippen molar-refractivity contribution >= 4 is 59.5 Å². The van der Waals surface area contributed by atoms with Gasteiger partial charge >= 0.3 is 19.5 Å². The molecule has 0 aliphatic heterocycles. The molecule has 0 spiro atoms. The Morgan fingerprint density at radius 1 is 0.394 bits per heavy atom. The van der Waals surface area contributed by atoms with E-state index in [1.54, 1.807) is 18.2 Å². The fourth-order valence-electron chi connectivity index (χ4n) is 6.52. The normalized spacial score (nSPS) is 10.5. The first-order valence-electron chi connectivity index (χ1n) is 21.6. The number of benzene rings is 7. The van der Waals surface area contributed by atoms with Crippen molar-refractivity contribution < 1.29 is 41.5 Å². The number of hydrogen-bond donors (Lipinski definition) is 2. The second-order valence-corrected chi connectivity index (χ2v) is 21.5. The van der Waals surface area contributed by atoms with Crippen LogP contribution in [0.15, 0.2) is 231 Å². The average Bonchev–Trinajstić information content (AvgIpc) is 3.80. The van der Waals surface area contributed by atoms with Crippen LogP contribution in [0, 0.1) is 6.92 Å². The van der Waals surface area contributed by atoms with Crippen molar-refractivity contribution in [2.75, 3.05) is 0 Å². The van der Waals surface area contributed by atoms with E-state index >= 15 is 0 Å². The topological polar surface area (TPSA) is 58.2 Å². The van der Waals surface area contributed by atoms with Gasteiger partial charge in [-0.1, -0.05) is 223 Å². The molecule has 0 unspecified atom stereocenters. The largest absolute Gasteiger partial charge is 2.00 e. The zero-order valence-electron chi connectivity index (χ0n) is 38.9. The van der Waals surface area contributed by atoms with Gasteiger partial charge in [0.05, 0.1) is 0 Å². The predicted octanol–water partition coefficient (Wildman–Crippen LogP) is 8.35. The zero-order valence-corrected chi connectivity index (χ0v) is 43.2. The Labute approximate surface area is 415 Å². The first-order chi connectivity index (χ1) is 30.8. The molecule has 66 heavy (non-hydrogen) atoms. The van der Waals surface area contributed by atoms with Gasteiger partial charge in [-0.2, -0.15) is 12.1 Å². The average molecular weight is 1020 g/mol. The van der Waals surface area contributed by atoms with E-state index in [4.69, 9.17) is 0 Å². The third-order valence-electron chi connectivity index (χ3n) is 9.31. The number of rotatable bonds is 8. The molecule has 0 aliphatic carbocycles. The van der Waals surface area contributed by atoms with Crippen molar-refractivity contribution in [1.82, 2.24) is 10.6 Å². The fraction of sp³-hybridized carbons (Fsp3) is 0.155. The summed E-state index contributed by atoms with van der Waals surface area (Å²) in [6.45, 7) is 13.5. The number of amides is 2. The predicted molar refractivity (Wildman–Crippen MR) is 278 cm³/mol. The Bertz CT molecular complexity index is 2200. The third kappa shape index (κ3) is 18.5. The van der Waals surface area contributed by atoms with Gasteiger partial charge in [-0.05, 0) is 102 Å². The maximum absolute atomic E-state index is 12.1. The van der Waals surface area contributed by atoms with E-state index in [9.17, 15) is 9.59 Å². The van der Waals surface area contributed by atoms with Gasteiger partial charge in [-0.3, -0.25) is 4.79 Å². The molecule has 8 heteroatoms. The number of hydrogen-bond acceptors (Lipinski definition) is 2. The van der Waals surface area contributed by atoms with Gasteiger partial charge < -0.3 is 27.8 Å². The summed E-state index contributed by atoms with van der Waals surface area (Å²) in [5.41, 5.74) is 1.49. The van der Waals surface area contributed by atoms with E-state index < -0.39 is 15.8 Å². The minimum absolute atomic E-state index is 0. The van der Waals surface area contributed by atoms with E-state index in [0.717, 1.165) is 0 Å². The van der Waals surface area contributed by atoms with Gasteiger partial charge in [0.15, 0.2) is 5.91 Å². The van der Waals surface area contributed by atoms with Crippen molar-refractivity contribution in [3.05, 3.63) is 247 Å². The molecule has 4 nitrogen and oxygen atoms in total. The quantitative estimate of drug-likeness (QED) is 0.0915. The molecule has 340 valence electrons. The number of aryl methyl sites for hydroxylation is 1. The Balaban J connectivity index is 0.000000241. The van der Waals surface area contributed by atoms with Gasteiger partial charge in [0, 0.05) is 11.1 Å². The maximum Gasteiger partial charge on any atom is 2.00 e. The molecule has 0 atom stereocenters. The van der Waals surface area contributed by atoms with Gasteiger partial charge in [-0.25, -0.2) is 0 Å². The first-order valence-corrected chi connectivity index (χ1v) is 24.3. The minimum Gasteiger partial charge on any atom is -1.00 e. The summed E-state index contributed by atoms with van der Waals surface area (Å²) in [6.07, 6.45) is 0. The minimum atomic E-state index is -0.446. The smallest absolute Gasteiger partial charge is 1.00 e. The summed E-state index contributed by atoms with van der Waals surface area (Å²) >= 11 is 0. The molecule has 0 radical (unpaired) electrons. The van der Waals surface area contributed by atoms with E-state index in [2.05, 4.69) is 212 Å². The molecule has 0 heterocycles. The molecule has 0 aliphatic rings. The Morgan fingerprint density at radius 3 is 0.879 bits per heavy atom. The van der Waals surface area contributed by atoms with Gasteiger partial charge in [0.25, 0.3) is 0 Å². The van der Waals surface area contributed by atoms with Crippen LogP contribution >= 0.6 is 15.8 Å². The molecule has 2 amide bonds. The molecule has 0 aromatic heterocycles. The summed E-state index contributed by atoms with van der Waals surface area (Å²) in [4.78, 5) is 24.2. The summed E-state index contributed by atoms with van der Waals surface area (Å²) < 4.78 is 0. The zero-order chi connectivity index (χ0) is 45.8. The maximum atomic E-state index is 12.1. The summed E-state index contributed by atoms with van der Waals surface area (Å²) in [6, 6.07) is 80.0. The SMILES string of the molecule is CC(C)(C)NC(=O)c1ccc[c-]1C(=O)NC(C)(C)C.Cc1ccccc1.[Cl-].[Ru+2].c1ccc(P(c2ccccc2)c2ccccc2)cc1.c1ccc(P(c2ccccc2)c2ccccc2)cc1. The van der Waals surface area contributed by atoms with Crippen LogP contribution in [0.25, 0.3) is 0 Å². The molecular formula is C58H61ClN2O2P2Ru. The van der Waals surface area contributed by atoms with Crippen LogP contribution in [-0.4, -0.2) is 22.9 Å². The van der Waals surface area contributed by atoms with E-state index in [0.29, 0.717) is 11.1 Å². The van der Waals surface area contributed by atoms with Crippen molar-refractivity contribution in [1.29, 1.82) is 0 Å². The second-order valence-electron chi connectivity index (χ2n) is 17.1. The number of nitrogens with one attached hydrogen (secondary N) is 2. The standard InChI is InChI=1S/2C18H15P.C15H23N2O2.C7H8.ClH.Ru/c2*1-4-10-16(11-5-1)19(17-12-6-2-7-13-17)18-14-8-3-9-15-18;1-14(2,3)16-12(18)10-8-7-9-11(10)13(19)17-15(4,5)6;1-7-5-3-2-4-6-7;;/h2*1-15H;7-9H,1-6H3,(H,16,18)(H,17,19);2-6H,1H3;1H;/q;;-1;;;+2/p-1. The van der Waals surface area contributed by atoms with Crippen molar-refractivity contribution in [3.63, 3.8) is 0 Å². The molecule has 8 aromatic rings. The molecule has 8 rings (SSSR count). The molecule has 0 fully saturated rings. The number of carbonyl (C=O) groups is 2. The number of halogens is 1. The second kappa shape index (κ2) is 27.9. The first kappa shape index (κ1) is 54.9. The number of carbonyl (C=O) groups excluding carboxylic acids is 2. The molecule has 8 aromatic carbocycles. The summed E-state index contributed by atoms with van der Waals surface area (Å²) in [7, 11) is -0.892. The van der Waals surface area contributed by atoms with Gasteiger partial charge in [0.1, 0.15) is 0 Å². The van der Waals surface area contributed by atoms with E-state index in [1.807, 2.05) is 59.7 Å². The van der Waals surface area contributed by atoms with Crippen LogP contribution in [0.5, 0.6) is 0 Å². The van der Waals surface area contributed by atoms with Gasteiger partial charge in [-0.15, -0.1) is 6.07 Å². The molecule has 2 N–H and O–H groups in total. The van der Waals surface area contributed by atoms with Crippen molar-refractivity contribution in [3.8, 4) is 0 Å².